The van der Waals surface area contributed by atoms with Gasteiger partial charge in [-0.2, -0.15) is 0 Å². The second-order valence-corrected chi connectivity index (χ2v) is 5.83. The highest BCUT2D eigenvalue weighted by Crippen LogP contribution is 2.26. The number of nitrogens with one attached hydrogen (secondary N) is 2. The minimum Gasteiger partial charge on any atom is -0.496 e. The van der Waals surface area contributed by atoms with E-state index >= 15 is 0 Å². The van der Waals surface area contributed by atoms with Crippen LogP contribution in [0.3, 0.4) is 0 Å². The fourth-order valence-corrected chi connectivity index (χ4v) is 2.84. The fraction of sp³-hybridized carbons (Fsp3) is 0.588. The Kier molecular flexibility index (Phi) is 5.62. The number of hydrogen-bond acceptors (Lipinski definition) is 3. The normalized spacial score (nSPS) is 20.4. The first-order valence-electron chi connectivity index (χ1n) is 7.80. The molecule has 1 saturated heterocycles. The molecule has 2 unspecified atom stereocenters. The number of hydrogen-bond donors (Lipinski definition) is 2. The van der Waals surface area contributed by atoms with Gasteiger partial charge in [0.05, 0.1) is 19.2 Å². The van der Waals surface area contributed by atoms with Crippen LogP contribution in [0.5, 0.6) is 5.75 Å². The van der Waals surface area contributed by atoms with Crippen LogP contribution in [0.15, 0.2) is 18.2 Å². The molecule has 1 aromatic rings. The highest BCUT2D eigenvalue weighted by Gasteiger charge is 2.22. The summed E-state index contributed by atoms with van der Waals surface area (Å²) in [6, 6.07) is 5.92. The number of carbonyl (C=O) groups is 1. The first-order valence-corrected chi connectivity index (χ1v) is 7.80. The average Bonchev–Trinajstić information content (AvgIpc) is 2.76. The van der Waals surface area contributed by atoms with Crippen LogP contribution in [0.1, 0.15) is 49.8 Å². The van der Waals surface area contributed by atoms with Gasteiger partial charge < -0.3 is 15.4 Å². The van der Waals surface area contributed by atoms with Crippen molar-refractivity contribution in [2.45, 2.75) is 51.6 Å². The Morgan fingerprint density at radius 1 is 1.38 bits per heavy atom. The largest absolute Gasteiger partial charge is 0.496 e. The number of aryl methyl sites for hydroxylation is 1. The molecule has 1 aliphatic rings. The standard InChI is InChI=1S/C17H26N2O2/c1-12-8-9-16(21-3)14(11-12)13(2)19-17(20)15-7-5-4-6-10-18-15/h8-9,11,13,15,18H,4-7,10H2,1-3H3,(H,19,20). The van der Waals surface area contributed by atoms with Crippen molar-refractivity contribution in [2.75, 3.05) is 13.7 Å². The first-order chi connectivity index (χ1) is 10.1. The number of rotatable bonds is 4. The Labute approximate surface area is 127 Å². The van der Waals surface area contributed by atoms with Crippen LogP contribution in [0.4, 0.5) is 0 Å². The molecule has 0 saturated carbocycles. The van der Waals surface area contributed by atoms with E-state index in [2.05, 4.69) is 16.7 Å². The number of methoxy groups -OCH3 is 1. The summed E-state index contributed by atoms with van der Waals surface area (Å²) in [5, 5.41) is 6.45. The molecular formula is C17H26N2O2. The zero-order valence-corrected chi connectivity index (χ0v) is 13.2. The van der Waals surface area contributed by atoms with E-state index in [-0.39, 0.29) is 18.0 Å². The maximum Gasteiger partial charge on any atom is 0.237 e. The van der Waals surface area contributed by atoms with Gasteiger partial charge in [0, 0.05) is 5.56 Å². The number of benzene rings is 1. The van der Waals surface area contributed by atoms with Gasteiger partial charge in [0.1, 0.15) is 5.75 Å². The monoisotopic (exact) mass is 290 g/mol. The summed E-state index contributed by atoms with van der Waals surface area (Å²) in [4.78, 5) is 12.4. The van der Waals surface area contributed by atoms with Gasteiger partial charge in [0.2, 0.25) is 5.91 Å². The SMILES string of the molecule is COc1ccc(C)cc1C(C)NC(=O)C1CCCCCN1. The third kappa shape index (κ3) is 4.21. The zero-order chi connectivity index (χ0) is 15.2. The Bertz CT molecular complexity index is 480. The van der Waals surface area contributed by atoms with Crippen LogP contribution in [0.25, 0.3) is 0 Å². The lowest BCUT2D eigenvalue weighted by molar-refractivity contribution is -0.123. The van der Waals surface area contributed by atoms with E-state index in [1.807, 2.05) is 26.0 Å². The smallest absolute Gasteiger partial charge is 0.237 e. The summed E-state index contributed by atoms with van der Waals surface area (Å²) in [6.45, 7) is 4.98. The van der Waals surface area contributed by atoms with Gasteiger partial charge in [0.25, 0.3) is 0 Å². The molecule has 1 aromatic carbocycles. The molecule has 0 radical (unpaired) electrons. The predicted molar refractivity (Wildman–Crippen MR) is 84.5 cm³/mol. The summed E-state index contributed by atoms with van der Waals surface area (Å²) in [5.74, 6) is 0.912. The Morgan fingerprint density at radius 3 is 2.95 bits per heavy atom. The molecule has 1 amide bonds. The fourth-order valence-electron chi connectivity index (χ4n) is 2.84. The molecule has 116 valence electrons. The quantitative estimate of drug-likeness (QED) is 0.896. The Morgan fingerprint density at radius 2 is 2.19 bits per heavy atom. The molecule has 0 spiro atoms. The minimum atomic E-state index is -0.0641. The van der Waals surface area contributed by atoms with Crippen LogP contribution in [-0.4, -0.2) is 25.6 Å². The number of amides is 1. The molecule has 1 aliphatic heterocycles. The van der Waals surface area contributed by atoms with Gasteiger partial charge in [-0.25, -0.2) is 0 Å². The van der Waals surface area contributed by atoms with E-state index in [0.29, 0.717) is 0 Å². The van der Waals surface area contributed by atoms with Crippen molar-refractivity contribution in [1.82, 2.24) is 10.6 Å². The van der Waals surface area contributed by atoms with E-state index in [9.17, 15) is 4.79 Å². The summed E-state index contributed by atoms with van der Waals surface area (Å²) < 4.78 is 5.40. The lowest BCUT2D eigenvalue weighted by Crippen LogP contribution is -2.44. The lowest BCUT2D eigenvalue weighted by Gasteiger charge is -2.21. The van der Waals surface area contributed by atoms with Gasteiger partial charge in [-0.15, -0.1) is 0 Å². The molecular weight excluding hydrogens is 264 g/mol. The van der Waals surface area contributed by atoms with Crippen molar-refractivity contribution in [3.63, 3.8) is 0 Å². The van der Waals surface area contributed by atoms with Gasteiger partial charge in [-0.05, 0) is 39.3 Å². The predicted octanol–water partition coefficient (Wildman–Crippen LogP) is 2.71. The minimum absolute atomic E-state index is 0.0580. The lowest BCUT2D eigenvalue weighted by atomic mass is 10.0. The van der Waals surface area contributed by atoms with E-state index in [1.54, 1.807) is 7.11 Å². The second-order valence-electron chi connectivity index (χ2n) is 5.83. The Balaban J connectivity index is 2.04. The van der Waals surface area contributed by atoms with Crippen LogP contribution in [0.2, 0.25) is 0 Å². The zero-order valence-electron chi connectivity index (χ0n) is 13.2. The summed E-state index contributed by atoms with van der Waals surface area (Å²) >= 11 is 0. The molecule has 0 bridgehead atoms. The highest BCUT2D eigenvalue weighted by molar-refractivity contribution is 5.82. The summed E-state index contributed by atoms with van der Waals surface area (Å²) in [6.07, 6.45) is 4.40. The molecule has 0 aromatic heterocycles. The van der Waals surface area contributed by atoms with Gasteiger partial charge in [0.15, 0.2) is 0 Å². The average molecular weight is 290 g/mol. The first kappa shape index (κ1) is 15.8. The topological polar surface area (TPSA) is 50.4 Å². The highest BCUT2D eigenvalue weighted by atomic mass is 16.5. The van der Waals surface area contributed by atoms with Crippen molar-refractivity contribution in [3.8, 4) is 5.75 Å². The van der Waals surface area contributed by atoms with Crippen LogP contribution in [0, 0.1) is 6.92 Å². The van der Waals surface area contributed by atoms with E-state index in [1.165, 1.54) is 12.0 Å². The summed E-state index contributed by atoms with van der Waals surface area (Å²) in [5.41, 5.74) is 2.19. The maximum absolute atomic E-state index is 12.4. The van der Waals surface area contributed by atoms with Crippen molar-refractivity contribution in [3.05, 3.63) is 29.3 Å². The molecule has 21 heavy (non-hydrogen) atoms. The molecule has 1 fully saturated rings. The third-order valence-corrected chi connectivity index (χ3v) is 4.09. The van der Waals surface area contributed by atoms with E-state index < -0.39 is 0 Å². The van der Waals surface area contributed by atoms with Crippen LogP contribution < -0.4 is 15.4 Å². The molecule has 2 atom stereocenters. The number of ether oxygens (including phenoxy) is 1. The summed E-state index contributed by atoms with van der Waals surface area (Å²) in [7, 11) is 1.66. The molecule has 2 N–H and O–H groups in total. The molecule has 4 heteroatoms. The van der Waals surface area contributed by atoms with Crippen molar-refractivity contribution in [1.29, 1.82) is 0 Å². The number of carbonyl (C=O) groups excluding carboxylic acids is 1. The van der Waals surface area contributed by atoms with Crippen LogP contribution in [-0.2, 0) is 4.79 Å². The molecule has 1 heterocycles. The molecule has 0 aliphatic carbocycles. The van der Waals surface area contributed by atoms with E-state index in [0.717, 1.165) is 37.1 Å². The van der Waals surface area contributed by atoms with Crippen molar-refractivity contribution in [2.24, 2.45) is 0 Å². The van der Waals surface area contributed by atoms with Crippen molar-refractivity contribution < 1.29 is 9.53 Å². The maximum atomic E-state index is 12.4. The van der Waals surface area contributed by atoms with Gasteiger partial charge in [-0.3, -0.25) is 4.79 Å². The Hall–Kier alpha value is -1.55. The van der Waals surface area contributed by atoms with E-state index in [4.69, 9.17) is 4.74 Å². The van der Waals surface area contributed by atoms with Gasteiger partial charge >= 0.3 is 0 Å². The molecule has 4 nitrogen and oxygen atoms in total. The van der Waals surface area contributed by atoms with Gasteiger partial charge in [-0.1, -0.05) is 30.5 Å². The van der Waals surface area contributed by atoms with Crippen LogP contribution >= 0.6 is 0 Å². The second kappa shape index (κ2) is 7.46. The third-order valence-electron chi connectivity index (χ3n) is 4.09. The van der Waals surface area contributed by atoms with Crippen molar-refractivity contribution >= 4 is 5.91 Å². The molecule has 2 rings (SSSR count).